The van der Waals surface area contributed by atoms with Crippen molar-refractivity contribution in [3.05, 3.63) is 29.8 Å². The smallest absolute Gasteiger partial charge is 0.299 e. The number of benzene rings is 1. The summed E-state index contributed by atoms with van der Waals surface area (Å²) in [6.45, 7) is 9.41. The fraction of sp³-hybridized carbons (Fsp3) is 0.562. The lowest BCUT2D eigenvalue weighted by atomic mass is 10.2. The van der Waals surface area contributed by atoms with Crippen LogP contribution in [0.3, 0.4) is 0 Å². The Balaban J connectivity index is 3.18. The molecule has 0 N–H and O–H groups in total. The Morgan fingerprint density at radius 3 is 2.05 bits per heavy atom. The van der Waals surface area contributed by atoms with Crippen molar-refractivity contribution in [1.82, 2.24) is 0 Å². The van der Waals surface area contributed by atoms with Crippen LogP contribution < -0.4 is 0 Å². The van der Waals surface area contributed by atoms with E-state index in [0.717, 1.165) is 5.56 Å². The van der Waals surface area contributed by atoms with Crippen LogP contribution in [0.25, 0.3) is 0 Å². The van der Waals surface area contributed by atoms with E-state index in [1.165, 1.54) is 12.1 Å². The Morgan fingerprint density at radius 1 is 1.14 bits per heavy atom. The van der Waals surface area contributed by atoms with Crippen LogP contribution in [0.15, 0.2) is 29.2 Å². The van der Waals surface area contributed by atoms with E-state index < -0.39 is 25.2 Å². The minimum absolute atomic E-state index is 0.0199. The summed E-state index contributed by atoms with van der Waals surface area (Å²) in [5.41, 5.74) is 0.978. The van der Waals surface area contributed by atoms with Gasteiger partial charge in [-0.3, -0.25) is 4.79 Å². The van der Waals surface area contributed by atoms with Crippen LogP contribution in [0.1, 0.15) is 39.7 Å². The normalized spacial score (nSPS) is 16.8. The zero-order valence-electron chi connectivity index (χ0n) is 14.2. The van der Waals surface area contributed by atoms with Crippen LogP contribution in [-0.2, 0) is 18.5 Å². The maximum Gasteiger partial charge on any atom is 0.306 e. The third-order valence-corrected chi connectivity index (χ3v) is 9.91. The number of ketones is 1. The first-order valence-corrected chi connectivity index (χ1v) is 10.8. The van der Waals surface area contributed by atoms with Crippen molar-refractivity contribution < 1.29 is 16.8 Å². The molecule has 22 heavy (non-hydrogen) atoms. The van der Waals surface area contributed by atoms with Crippen molar-refractivity contribution in [1.29, 1.82) is 0 Å². The van der Waals surface area contributed by atoms with Crippen LogP contribution in [0, 0.1) is 6.92 Å². The molecule has 0 spiro atoms. The number of aryl methyl sites for hydroxylation is 1. The van der Waals surface area contributed by atoms with Crippen molar-refractivity contribution in [2.24, 2.45) is 0 Å². The Kier molecular flexibility index (Phi) is 5.87. The third-order valence-electron chi connectivity index (χ3n) is 3.68. The fourth-order valence-electron chi connectivity index (χ4n) is 1.69. The van der Waals surface area contributed by atoms with Crippen molar-refractivity contribution >= 4 is 26.2 Å². The second kappa shape index (κ2) is 6.72. The highest BCUT2D eigenvalue weighted by Crippen LogP contribution is 2.58. The van der Waals surface area contributed by atoms with E-state index in [1.54, 1.807) is 25.3 Å². The maximum absolute atomic E-state index is 12.6. The summed E-state index contributed by atoms with van der Waals surface area (Å²) < 4.78 is 30.3. The lowest BCUT2D eigenvalue weighted by molar-refractivity contribution is -0.116. The molecule has 0 saturated carbocycles. The number of carbonyl (C=O) groups excluding carboxylic acids is 1. The summed E-state index contributed by atoms with van der Waals surface area (Å²) >= 11 is 0. The summed E-state index contributed by atoms with van der Waals surface area (Å²) in [6, 6.07) is 6.54. The zero-order valence-corrected chi connectivity index (χ0v) is 15.8. The van der Waals surface area contributed by atoms with Crippen molar-refractivity contribution in [2.75, 3.05) is 12.0 Å². The molecule has 1 aromatic rings. The summed E-state index contributed by atoms with van der Waals surface area (Å²) in [6.07, 6.45) is 2.15. The molecule has 0 saturated heterocycles. The highest BCUT2D eigenvalue weighted by atomic mass is 32.3. The lowest BCUT2D eigenvalue weighted by Gasteiger charge is -2.45. The molecule has 6 heteroatoms. The molecule has 1 aromatic carbocycles. The number of Topliss-reactive ketones (excluding diaryl/α,β-unsaturated/α-hetero) is 1. The van der Waals surface area contributed by atoms with E-state index in [0.29, 0.717) is 6.42 Å². The van der Waals surface area contributed by atoms with Gasteiger partial charge in [0.2, 0.25) is 0 Å². The molecule has 0 amide bonds. The second-order valence-electron chi connectivity index (χ2n) is 6.49. The molecular weight excluding hydrogens is 320 g/mol. The largest absolute Gasteiger partial charge is 0.306 e. The monoisotopic (exact) mass is 346 g/mol. The summed E-state index contributed by atoms with van der Waals surface area (Å²) in [7, 11) is -6.01. The molecular formula is C16H26O4S2. The predicted octanol–water partition coefficient (Wildman–Crippen LogP) is 3.83. The van der Waals surface area contributed by atoms with Gasteiger partial charge in [0.25, 0.3) is 0 Å². The molecule has 0 fully saturated rings. The number of rotatable bonds is 6. The standard InChI is InChI=1S/C16H26O4S2/c1-7-14(17)12-21(6,16(3,4)5)20-22(18,19)15-10-8-13(2)9-11-15/h8-11H,7,12H2,1-6H3. The van der Waals surface area contributed by atoms with E-state index >= 15 is 0 Å². The van der Waals surface area contributed by atoms with E-state index in [4.69, 9.17) is 3.63 Å². The Labute approximate surface area is 135 Å². The number of hydrogen-bond donors (Lipinski definition) is 0. The van der Waals surface area contributed by atoms with Crippen LogP contribution in [-0.4, -0.2) is 31.0 Å². The number of hydrogen-bond acceptors (Lipinski definition) is 4. The molecule has 0 aromatic heterocycles. The molecule has 1 rings (SSSR count). The molecule has 4 nitrogen and oxygen atoms in total. The van der Waals surface area contributed by atoms with E-state index in [-0.39, 0.29) is 16.4 Å². The van der Waals surface area contributed by atoms with E-state index in [1.807, 2.05) is 27.7 Å². The Bertz CT molecular complexity index is 627. The minimum atomic E-state index is -3.89. The molecule has 1 unspecified atom stereocenters. The van der Waals surface area contributed by atoms with Gasteiger partial charge in [0.15, 0.2) is 0 Å². The number of carbonyl (C=O) groups is 1. The lowest BCUT2D eigenvalue weighted by Crippen LogP contribution is -2.33. The molecule has 0 aliphatic heterocycles. The van der Waals surface area contributed by atoms with Crippen molar-refractivity contribution in [3.63, 3.8) is 0 Å². The van der Waals surface area contributed by atoms with Crippen molar-refractivity contribution in [3.8, 4) is 0 Å². The third kappa shape index (κ3) is 4.57. The van der Waals surface area contributed by atoms with Gasteiger partial charge in [-0.15, -0.1) is 10.3 Å². The van der Waals surface area contributed by atoms with E-state index in [9.17, 15) is 13.2 Å². The SMILES string of the molecule is CCC(=O)CS(C)(OS(=O)(=O)c1ccc(C)cc1)C(C)(C)C. The quantitative estimate of drug-likeness (QED) is 0.785. The van der Waals surface area contributed by atoms with Crippen LogP contribution >= 0.6 is 10.3 Å². The van der Waals surface area contributed by atoms with Gasteiger partial charge in [-0.25, -0.2) is 3.63 Å². The van der Waals surface area contributed by atoms with Crippen molar-refractivity contribution in [2.45, 2.75) is 50.7 Å². The van der Waals surface area contributed by atoms with Crippen LogP contribution in [0.4, 0.5) is 0 Å². The fourth-order valence-corrected chi connectivity index (χ4v) is 6.32. The summed E-state index contributed by atoms with van der Waals surface area (Å²) in [4.78, 5) is 12.0. The first-order valence-electron chi connectivity index (χ1n) is 7.21. The minimum Gasteiger partial charge on any atom is -0.299 e. The van der Waals surface area contributed by atoms with Crippen LogP contribution in [0.5, 0.6) is 0 Å². The molecule has 126 valence electrons. The first kappa shape index (κ1) is 19.2. The van der Waals surface area contributed by atoms with Gasteiger partial charge >= 0.3 is 10.1 Å². The highest BCUT2D eigenvalue weighted by Gasteiger charge is 2.39. The van der Waals surface area contributed by atoms with Gasteiger partial charge < -0.3 is 0 Å². The molecule has 0 heterocycles. The van der Waals surface area contributed by atoms with Gasteiger partial charge in [0.05, 0.1) is 10.6 Å². The summed E-state index contributed by atoms with van der Waals surface area (Å²) in [5, 5.41) is 0. The molecule has 0 aliphatic carbocycles. The Hall–Kier alpha value is -0.850. The second-order valence-corrected chi connectivity index (χ2v) is 11.9. The molecule has 0 aliphatic rings. The average molecular weight is 347 g/mol. The highest BCUT2D eigenvalue weighted by molar-refractivity contribution is 8.33. The van der Waals surface area contributed by atoms with E-state index in [2.05, 4.69) is 0 Å². The van der Waals surface area contributed by atoms with Gasteiger partial charge in [-0.2, -0.15) is 8.42 Å². The van der Waals surface area contributed by atoms with Gasteiger partial charge in [-0.05, 0) is 25.3 Å². The van der Waals surface area contributed by atoms with Gasteiger partial charge in [0.1, 0.15) is 5.78 Å². The zero-order chi connectivity index (χ0) is 17.2. The summed E-state index contributed by atoms with van der Waals surface area (Å²) in [5.74, 6) is 0.171. The topological polar surface area (TPSA) is 60.4 Å². The van der Waals surface area contributed by atoms with Gasteiger partial charge in [0, 0.05) is 11.2 Å². The average Bonchev–Trinajstić information content (AvgIpc) is 2.37. The maximum atomic E-state index is 12.6. The Morgan fingerprint density at radius 2 is 1.64 bits per heavy atom. The molecule has 0 bridgehead atoms. The molecule has 1 atom stereocenters. The van der Waals surface area contributed by atoms with Gasteiger partial charge in [-0.1, -0.05) is 45.4 Å². The molecule has 0 radical (unpaired) electrons. The van der Waals surface area contributed by atoms with Crippen LogP contribution in [0.2, 0.25) is 0 Å². The first-order chi connectivity index (χ1) is 9.91. The predicted molar refractivity (Wildman–Crippen MR) is 92.9 cm³/mol.